The van der Waals surface area contributed by atoms with Crippen LogP contribution < -0.4 is 0 Å². The van der Waals surface area contributed by atoms with Crippen molar-refractivity contribution in [1.29, 1.82) is 0 Å². The topological polar surface area (TPSA) is 105 Å². The Labute approximate surface area is 172 Å². The zero-order valence-electron chi connectivity index (χ0n) is 18.1. The number of quaternary nitrogens is 1. The van der Waals surface area contributed by atoms with E-state index in [4.69, 9.17) is 14.2 Å². The van der Waals surface area contributed by atoms with Crippen LogP contribution in [0.2, 0.25) is 0 Å². The summed E-state index contributed by atoms with van der Waals surface area (Å²) in [6, 6.07) is -0.594. The quantitative estimate of drug-likeness (QED) is 0.214. The Morgan fingerprint density at radius 3 is 2.62 bits per heavy atom. The Balaban J connectivity index is 2.11. The van der Waals surface area contributed by atoms with Crippen molar-refractivity contribution in [2.45, 2.75) is 64.9 Å². The summed E-state index contributed by atoms with van der Waals surface area (Å²) < 4.78 is 15.6. The SMILES string of the molecule is C/C=C(/C)C(=O)O[C@@H]1CC[N+]2([O-])CC=C(COC(=O)[C@](O)(C(C)C)[C@H](C)OC)[C@H]12. The second-order valence-electron chi connectivity index (χ2n) is 8.22. The van der Waals surface area contributed by atoms with E-state index >= 15 is 0 Å². The monoisotopic (exact) mass is 411 g/mol. The van der Waals surface area contributed by atoms with Crippen molar-refractivity contribution in [3.8, 4) is 0 Å². The van der Waals surface area contributed by atoms with E-state index in [2.05, 4.69) is 0 Å². The molecule has 2 heterocycles. The molecule has 29 heavy (non-hydrogen) atoms. The highest BCUT2D eigenvalue weighted by atomic mass is 16.6. The van der Waals surface area contributed by atoms with Crippen molar-refractivity contribution in [3.63, 3.8) is 0 Å². The van der Waals surface area contributed by atoms with E-state index < -0.39 is 46.4 Å². The number of hydrogen-bond donors (Lipinski definition) is 1. The normalized spacial score (nSPS) is 29.8. The molecule has 0 spiro atoms. The van der Waals surface area contributed by atoms with Gasteiger partial charge in [0.15, 0.2) is 17.7 Å². The summed E-state index contributed by atoms with van der Waals surface area (Å²) in [6.45, 7) is 8.88. The first-order valence-electron chi connectivity index (χ1n) is 10.0. The molecule has 1 unspecified atom stereocenters. The molecule has 0 radical (unpaired) electrons. The standard InChI is InChI=1S/C21H33NO7/c1-7-14(4)19(23)29-17-9-11-22(26)10-8-16(18(17)22)12-28-20(24)21(25,13(2)3)15(5)27-6/h7-8,13,15,17-18,25H,9-12H2,1-6H3/b14-7-/t15-,17+,18+,21-,22?/m0/s1. The molecule has 2 rings (SSSR count). The maximum Gasteiger partial charge on any atom is 0.341 e. The predicted octanol–water partition coefficient (Wildman–Crippen LogP) is 1.86. The minimum absolute atomic E-state index is 0.131. The van der Waals surface area contributed by atoms with Crippen LogP contribution in [0.3, 0.4) is 0 Å². The first kappa shape index (κ1) is 23.5. The molecule has 0 aromatic carbocycles. The lowest BCUT2D eigenvalue weighted by atomic mass is 9.85. The molecular formula is C21H33NO7. The number of carbonyl (C=O) groups is 2. The minimum Gasteiger partial charge on any atom is -0.632 e. The number of fused-ring (bicyclic) bond motifs is 1. The lowest BCUT2D eigenvalue weighted by Gasteiger charge is -2.40. The van der Waals surface area contributed by atoms with Crippen LogP contribution in [0.1, 0.15) is 41.0 Å². The van der Waals surface area contributed by atoms with Crippen LogP contribution in [0.25, 0.3) is 0 Å². The fourth-order valence-electron chi connectivity index (χ4n) is 4.02. The Morgan fingerprint density at radius 2 is 2.07 bits per heavy atom. The second kappa shape index (κ2) is 8.95. The van der Waals surface area contributed by atoms with Gasteiger partial charge >= 0.3 is 11.9 Å². The summed E-state index contributed by atoms with van der Waals surface area (Å²) in [5.41, 5.74) is -0.702. The van der Waals surface area contributed by atoms with Crippen LogP contribution in [0.4, 0.5) is 0 Å². The first-order valence-corrected chi connectivity index (χ1v) is 10.0. The molecule has 2 aliphatic heterocycles. The summed E-state index contributed by atoms with van der Waals surface area (Å²) in [5.74, 6) is -1.67. The highest BCUT2D eigenvalue weighted by molar-refractivity contribution is 5.87. The van der Waals surface area contributed by atoms with Gasteiger partial charge in [-0.1, -0.05) is 19.9 Å². The molecule has 0 bridgehead atoms. The van der Waals surface area contributed by atoms with E-state index in [-0.39, 0.29) is 13.2 Å². The van der Waals surface area contributed by atoms with E-state index in [1.807, 2.05) is 0 Å². The lowest BCUT2D eigenvalue weighted by Crippen LogP contribution is -2.54. The summed E-state index contributed by atoms with van der Waals surface area (Å²) in [7, 11) is 1.41. The van der Waals surface area contributed by atoms with Gasteiger partial charge in [-0.15, -0.1) is 0 Å². The summed E-state index contributed by atoms with van der Waals surface area (Å²) in [5, 5.41) is 23.9. The minimum atomic E-state index is -1.80. The molecule has 0 aromatic rings. The molecule has 0 aliphatic carbocycles. The number of nitrogens with zero attached hydrogens (tertiary/aromatic N) is 1. The van der Waals surface area contributed by atoms with Crippen molar-refractivity contribution in [2.75, 3.05) is 26.8 Å². The van der Waals surface area contributed by atoms with Crippen molar-refractivity contribution < 1.29 is 33.6 Å². The number of esters is 2. The van der Waals surface area contributed by atoms with Crippen LogP contribution in [-0.4, -0.2) is 72.3 Å². The highest BCUT2D eigenvalue weighted by Gasteiger charge is 2.51. The van der Waals surface area contributed by atoms with Crippen molar-refractivity contribution >= 4 is 11.9 Å². The van der Waals surface area contributed by atoms with E-state index in [1.54, 1.807) is 46.8 Å². The number of methoxy groups -OCH3 is 1. The molecule has 1 N–H and O–H groups in total. The molecule has 8 nitrogen and oxygen atoms in total. The third-order valence-electron chi connectivity index (χ3n) is 6.26. The number of rotatable bonds is 8. The molecule has 1 fully saturated rings. The van der Waals surface area contributed by atoms with Gasteiger partial charge in [-0.05, 0) is 32.8 Å². The zero-order valence-corrected chi connectivity index (χ0v) is 18.1. The maximum atomic E-state index is 13.1. The van der Waals surface area contributed by atoms with E-state index in [0.29, 0.717) is 24.1 Å². The third-order valence-corrected chi connectivity index (χ3v) is 6.26. The fourth-order valence-corrected chi connectivity index (χ4v) is 4.02. The van der Waals surface area contributed by atoms with Gasteiger partial charge < -0.3 is 29.2 Å². The summed E-state index contributed by atoms with van der Waals surface area (Å²) in [6.07, 6.45) is 2.55. The number of hydroxylamine groups is 3. The molecule has 164 valence electrons. The average molecular weight is 411 g/mol. The molecule has 5 atom stereocenters. The van der Waals surface area contributed by atoms with Gasteiger partial charge in [0.2, 0.25) is 0 Å². The van der Waals surface area contributed by atoms with Crippen LogP contribution >= 0.6 is 0 Å². The number of aliphatic hydroxyl groups is 1. The molecule has 1 saturated heterocycles. The summed E-state index contributed by atoms with van der Waals surface area (Å²) >= 11 is 0. The van der Waals surface area contributed by atoms with Crippen molar-refractivity contribution in [1.82, 2.24) is 0 Å². The smallest absolute Gasteiger partial charge is 0.341 e. The number of allylic oxidation sites excluding steroid dienone is 1. The molecule has 0 amide bonds. The number of ether oxygens (including phenoxy) is 3. The third kappa shape index (κ3) is 4.40. The van der Waals surface area contributed by atoms with Crippen LogP contribution in [0.15, 0.2) is 23.3 Å². The van der Waals surface area contributed by atoms with Gasteiger partial charge in [0.25, 0.3) is 0 Å². The molecule has 0 aromatic heterocycles. The molecule has 2 aliphatic rings. The highest BCUT2D eigenvalue weighted by Crippen LogP contribution is 2.38. The second-order valence-corrected chi connectivity index (χ2v) is 8.22. The van der Waals surface area contributed by atoms with Crippen LogP contribution in [0, 0.1) is 11.1 Å². The Kier molecular flexibility index (Phi) is 7.27. The summed E-state index contributed by atoms with van der Waals surface area (Å²) in [4.78, 5) is 24.8. The number of hydrogen-bond acceptors (Lipinski definition) is 7. The Bertz CT molecular complexity index is 701. The van der Waals surface area contributed by atoms with Gasteiger partial charge in [-0.3, -0.25) is 0 Å². The number of carbonyl (C=O) groups excluding carboxylic acids is 2. The Hall–Kier alpha value is -1.74. The van der Waals surface area contributed by atoms with E-state index in [1.165, 1.54) is 7.11 Å². The predicted molar refractivity (Wildman–Crippen MR) is 106 cm³/mol. The molecule has 8 heteroatoms. The molecular weight excluding hydrogens is 378 g/mol. The maximum absolute atomic E-state index is 13.1. The van der Waals surface area contributed by atoms with E-state index in [0.717, 1.165) is 0 Å². The van der Waals surface area contributed by atoms with Gasteiger partial charge in [-0.25, -0.2) is 9.59 Å². The van der Waals surface area contributed by atoms with Crippen molar-refractivity contribution in [2.24, 2.45) is 5.92 Å². The van der Waals surface area contributed by atoms with Gasteiger partial charge in [0, 0.05) is 24.7 Å². The van der Waals surface area contributed by atoms with Gasteiger partial charge in [0.1, 0.15) is 6.61 Å². The zero-order chi connectivity index (χ0) is 22.0. The average Bonchev–Trinajstić information content (AvgIpc) is 3.19. The van der Waals surface area contributed by atoms with Crippen LogP contribution in [0.5, 0.6) is 0 Å². The lowest BCUT2D eigenvalue weighted by molar-refractivity contribution is -0.877. The van der Waals surface area contributed by atoms with E-state index in [9.17, 15) is 19.9 Å². The van der Waals surface area contributed by atoms with Gasteiger partial charge in [-0.2, -0.15) is 0 Å². The van der Waals surface area contributed by atoms with Crippen molar-refractivity contribution in [3.05, 3.63) is 28.5 Å². The fraction of sp³-hybridized carbons (Fsp3) is 0.714. The molecule has 0 saturated carbocycles. The Morgan fingerprint density at radius 1 is 1.41 bits per heavy atom. The van der Waals surface area contributed by atoms with Gasteiger partial charge in [0.05, 0.1) is 19.2 Å². The van der Waals surface area contributed by atoms with Crippen LogP contribution in [-0.2, 0) is 23.8 Å². The largest absolute Gasteiger partial charge is 0.632 e. The first-order chi connectivity index (χ1) is 13.5.